The van der Waals surface area contributed by atoms with Gasteiger partial charge in [-0.1, -0.05) is 48.0 Å². The number of halogens is 1. The van der Waals surface area contributed by atoms with Gasteiger partial charge in [0, 0.05) is 4.47 Å². The number of ether oxygens (including phenoxy) is 1. The Labute approximate surface area is 118 Å². The van der Waals surface area contributed by atoms with Crippen LogP contribution in [0.2, 0.25) is 0 Å². The van der Waals surface area contributed by atoms with Crippen molar-refractivity contribution >= 4 is 21.6 Å². The van der Waals surface area contributed by atoms with Gasteiger partial charge in [0.05, 0.1) is 12.3 Å². The lowest BCUT2D eigenvalue weighted by Gasteiger charge is -2.22. The molecule has 0 spiro atoms. The molecule has 0 radical (unpaired) electrons. The summed E-state index contributed by atoms with van der Waals surface area (Å²) in [6.07, 6.45) is 8.11. The lowest BCUT2D eigenvalue weighted by atomic mass is 9.87. The van der Waals surface area contributed by atoms with Crippen LogP contribution in [0.15, 0.2) is 16.6 Å². The van der Waals surface area contributed by atoms with Gasteiger partial charge in [0.25, 0.3) is 0 Å². The summed E-state index contributed by atoms with van der Waals surface area (Å²) in [5, 5.41) is 0. The van der Waals surface area contributed by atoms with E-state index in [2.05, 4.69) is 15.9 Å². The van der Waals surface area contributed by atoms with E-state index >= 15 is 0 Å². The Hall–Kier alpha value is -0.700. The molecule has 0 unspecified atom stereocenters. The van der Waals surface area contributed by atoms with Crippen molar-refractivity contribution in [3.05, 3.63) is 22.2 Å². The van der Waals surface area contributed by atoms with E-state index in [0.29, 0.717) is 0 Å². The fourth-order valence-corrected chi connectivity index (χ4v) is 3.35. The quantitative estimate of drug-likeness (QED) is 0.819. The third-order valence-corrected chi connectivity index (χ3v) is 4.22. The van der Waals surface area contributed by atoms with Crippen molar-refractivity contribution in [3.63, 3.8) is 0 Å². The Morgan fingerprint density at radius 1 is 1.28 bits per heavy atom. The molecule has 1 saturated carbocycles. The van der Waals surface area contributed by atoms with Crippen molar-refractivity contribution in [2.45, 2.75) is 45.4 Å². The number of anilines is 1. The third kappa shape index (κ3) is 3.64. The van der Waals surface area contributed by atoms with Crippen molar-refractivity contribution in [2.24, 2.45) is 5.92 Å². The Bertz CT molecular complexity index is 376. The number of aryl methyl sites for hydroxylation is 1. The molecule has 2 N–H and O–H groups in total. The zero-order valence-corrected chi connectivity index (χ0v) is 12.6. The maximum Gasteiger partial charge on any atom is 0.145 e. The molecular formula is C15H22BrNO. The Morgan fingerprint density at radius 3 is 2.67 bits per heavy atom. The summed E-state index contributed by atoms with van der Waals surface area (Å²) in [5.41, 5.74) is 7.82. The summed E-state index contributed by atoms with van der Waals surface area (Å²) in [6, 6.07) is 3.95. The summed E-state index contributed by atoms with van der Waals surface area (Å²) in [7, 11) is 0. The first-order valence-corrected chi connectivity index (χ1v) is 7.64. The Morgan fingerprint density at radius 2 is 2.00 bits per heavy atom. The molecule has 2 nitrogen and oxygen atoms in total. The average molecular weight is 312 g/mol. The molecule has 0 saturated heterocycles. The molecule has 0 amide bonds. The van der Waals surface area contributed by atoms with Gasteiger partial charge in [-0.25, -0.2) is 0 Å². The summed E-state index contributed by atoms with van der Waals surface area (Å²) < 4.78 is 6.89. The monoisotopic (exact) mass is 311 g/mol. The first kappa shape index (κ1) is 13.7. The molecule has 1 aliphatic rings. The average Bonchev–Trinajstić information content (AvgIpc) is 2.34. The predicted octanol–water partition coefficient (Wildman–Crippen LogP) is 4.69. The molecule has 0 aromatic heterocycles. The molecule has 2 rings (SSSR count). The van der Waals surface area contributed by atoms with Crippen molar-refractivity contribution in [1.82, 2.24) is 0 Å². The topological polar surface area (TPSA) is 35.2 Å². The van der Waals surface area contributed by atoms with Crippen LogP contribution in [0.5, 0.6) is 5.75 Å². The van der Waals surface area contributed by atoms with E-state index in [9.17, 15) is 0 Å². The summed E-state index contributed by atoms with van der Waals surface area (Å²) >= 11 is 3.44. The molecule has 1 aromatic carbocycles. The normalized spacial score (nSPS) is 16.8. The van der Waals surface area contributed by atoms with Crippen LogP contribution in [0.3, 0.4) is 0 Å². The van der Waals surface area contributed by atoms with Gasteiger partial charge >= 0.3 is 0 Å². The summed E-state index contributed by atoms with van der Waals surface area (Å²) in [5.74, 6) is 1.71. The zero-order valence-electron chi connectivity index (χ0n) is 11.0. The summed E-state index contributed by atoms with van der Waals surface area (Å²) in [6.45, 7) is 2.83. The lowest BCUT2D eigenvalue weighted by Crippen LogP contribution is -2.11. The van der Waals surface area contributed by atoms with Crippen LogP contribution in [0, 0.1) is 12.8 Å². The van der Waals surface area contributed by atoms with Crippen LogP contribution in [-0.2, 0) is 0 Å². The van der Waals surface area contributed by atoms with E-state index in [1.165, 1.54) is 32.1 Å². The highest BCUT2D eigenvalue weighted by Crippen LogP contribution is 2.31. The SMILES string of the molecule is Cc1cc(Br)cc(N)c1OCCC1CCCCC1. The highest BCUT2D eigenvalue weighted by molar-refractivity contribution is 9.10. The second-order valence-electron chi connectivity index (χ2n) is 5.28. The molecule has 3 heteroatoms. The van der Waals surface area contributed by atoms with E-state index in [1.807, 2.05) is 19.1 Å². The second kappa shape index (κ2) is 6.46. The van der Waals surface area contributed by atoms with Crippen molar-refractivity contribution in [1.29, 1.82) is 0 Å². The number of benzene rings is 1. The predicted molar refractivity (Wildman–Crippen MR) is 80.0 cm³/mol. The fourth-order valence-electron chi connectivity index (χ4n) is 2.76. The van der Waals surface area contributed by atoms with Crippen LogP contribution < -0.4 is 10.5 Å². The van der Waals surface area contributed by atoms with E-state index in [0.717, 1.165) is 40.4 Å². The molecule has 1 aliphatic carbocycles. The van der Waals surface area contributed by atoms with Gasteiger partial charge in [-0.3, -0.25) is 0 Å². The van der Waals surface area contributed by atoms with Gasteiger partial charge in [-0.15, -0.1) is 0 Å². The molecule has 0 atom stereocenters. The van der Waals surface area contributed by atoms with Crippen molar-refractivity contribution < 1.29 is 4.74 Å². The molecule has 1 fully saturated rings. The molecular weight excluding hydrogens is 290 g/mol. The standard InChI is InChI=1S/C15H22BrNO/c1-11-9-13(16)10-14(17)15(11)18-8-7-12-5-3-2-4-6-12/h9-10,12H,2-8,17H2,1H3. The molecule has 0 aliphatic heterocycles. The Balaban J connectivity index is 1.86. The van der Waals surface area contributed by atoms with Gasteiger partial charge in [-0.05, 0) is 37.0 Å². The maximum absolute atomic E-state index is 5.99. The fraction of sp³-hybridized carbons (Fsp3) is 0.600. The first-order chi connectivity index (χ1) is 8.66. The largest absolute Gasteiger partial charge is 0.491 e. The number of nitrogens with two attached hydrogens (primary N) is 1. The number of rotatable bonds is 4. The maximum atomic E-state index is 5.99. The lowest BCUT2D eigenvalue weighted by molar-refractivity contribution is 0.246. The van der Waals surface area contributed by atoms with E-state index in [1.54, 1.807) is 0 Å². The minimum atomic E-state index is 0.727. The highest BCUT2D eigenvalue weighted by Gasteiger charge is 2.14. The first-order valence-electron chi connectivity index (χ1n) is 6.85. The van der Waals surface area contributed by atoms with E-state index in [-0.39, 0.29) is 0 Å². The van der Waals surface area contributed by atoms with Crippen molar-refractivity contribution in [2.75, 3.05) is 12.3 Å². The van der Waals surface area contributed by atoms with Gasteiger partial charge in [0.1, 0.15) is 5.75 Å². The van der Waals surface area contributed by atoms with Crippen molar-refractivity contribution in [3.8, 4) is 5.75 Å². The second-order valence-corrected chi connectivity index (χ2v) is 6.20. The summed E-state index contributed by atoms with van der Waals surface area (Å²) in [4.78, 5) is 0. The molecule has 0 heterocycles. The number of hydrogen-bond donors (Lipinski definition) is 1. The van der Waals surface area contributed by atoms with Crippen LogP contribution in [0.1, 0.15) is 44.1 Å². The molecule has 1 aromatic rings. The minimum Gasteiger partial charge on any atom is -0.491 e. The van der Waals surface area contributed by atoms with Crippen LogP contribution >= 0.6 is 15.9 Å². The van der Waals surface area contributed by atoms with Crippen LogP contribution in [0.25, 0.3) is 0 Å². The van der Waals surface area contributed by atoms with Gasteiger partial charge in [0.15, 0.2) is 0 Å². The van der Waals surface area contributed by atoms with Crippen LogP contribution in [0.4, 0.5) is 5.69 Å². The van der Waals surface area contributed by atoms with E-state index < -0.39 is 0 Å². The van der Waals surface area contributed by atoms with E-state index in [4.69, 9.17) is 10.5 Å². The smallest absolute Gasteiger partial charge is 0.145 e. The number of nitrogen functional groups attached to an aromatic ring is 1. The minimum absolute atomic E-state index is 0.727. The Kier molecular flexibility index (Phi) is 4.93. The van der Waals surface area contributed by atoms with Gasteiger partial charge in [-0.2, -0.15) is 0 Å². The highest BCUT2D eigenvalue weighted by atomic mass is 79.9. The number of hydrogen-bond acceptors (Lipinski definition) is 2. The molecule has 18 heavy (non-hydrogen) atoms. The zero-order chi connectivity index (χ0) is 13.0. The molecule has 0 bridgehead atoms. The third-order valence-electron chi connectivity index (χ3n) is 3.77. The van der Waals surface area contributed by atoms with Crippen LogP contribution in [-0.4, -0.2) is 6.61 Å². The van der Waals surface area contributed by atoms with Gasteiger partial charge in [0.2, 0.25) is 0 Å². The molecule has 100 valence electrons. The van der Waals surface area contributed by atoms with Gasteiger partial charge < -0.3 is 10.5 Å².